The van der Waals surface area contributed by atoms with Crippen LogP contribution in [0.15, 0.2) is 36.4 Å². The highest BCUT2D eigenvalue weighted by Crippen LogP contribution is 2.30. The minimum atomic E-state index is -0.736. The van der Waals surface area contributed by atoms with Crippen LogP contribution in [0.1, 0.15) is 24.2 Å². The van der Waals surface area contributed by atoms with E-state index in [1.54, 1.807) is 31.2 Å². The van der Waals surface area contributed by atoms with Gasteiger partial charge in [0, 0.05) is 16.1 Å². The monoisotopic (exact) mass is 314 g/mol. The van der Waals surface area contributed by atoms with Gasteiger partial charge in [0.2, 0.25) is 0 Å². The Kier molecular flexibility index (Phi) is 4.86. The molecule has 0 heterocycles. The maximum atomic E-state index is 13.6. The molecule has 0 spiro atoms. The third-order valence-corrected chi connectivity index (χ3v) is 3.44. The smallest absolute Gasteiger partial charge is 0.131 e. The zero-order valence-electron chi connectivity index (χ0n) is 10.7. The van der Waals surface area contributed by atoms with Crippen LogP contribution in [0.3, 0.4) is 0 Å². The first-order chi connectivity index (χ1) is 9.49. The van der Waals surface area contributed by atoms with Gasteiger partial charge >= 0.3 is 0 Å². The minimum Gasteiger partial charge on any atom is -0.488 e. The molecule has 0 saturated heterocycles. The second-order valence-electron chi connectivity index (χ2n) is 4.35. The molecule has 5 heteroatoms. The van der Waals surface area contributed by atoms with Crippen LogP contribution in [0.4, 0.5) is 4.39 Å². The van der Waals surface area contributed by atoms with Crippen molar-refractivity contribution in [1.82, 2.24) is 0 Å². The molecule has 0 aliphatic heterocycles. The molecular weight excluding hydrogens is 302 g/mol. The van der Waals surface area contributed by atoms with E-state index < -0.39 is 11.9 Å². The van der Waals surface area contributed by atoms with Crippen LogP contribution >= 0.6 is 23.2 Å². The standard InChI is InChI=1S/C15H13Cl2FO2/c1-9(19)11-7-10(16)5-6-15(11)20-8-12-13(17)3-2-4-14(12)18/h2-7,9,19H,8H2,1H3/t9-/m1/s1. The number of ether oxygens (including phenoxy) is 1. The lowest BCUT2D eigenvalue weighted by atomic mass is 10.1. The molecule has 2 rings (SSSR count). The van der Waals surface area contributed by atoms with Crippen LogP contribution in [0.25, 0.3) is 0 Å². The van der Waals surface area contributed by atoms with Crippen molar-refractivity contribution in [1.29, 1.82) is 0 Å². The van der Waals surface area contributed by atoms with Crippen molar-refractivity contribution in [3.63, 3.8) is 0 Å². The molecule has 0 aliphatic rings. The van der Waals surface area contributed by atoms with E-state index in [0.29, 0.717) is 21.4 Å². The van der Waals surface area contributed by atoms with Gasteiger partial charge in [0.1, 0.15) is 18.2 Å². The molecule has 0 unspecified atom stereocenters. The molecule has 1 atom stereocenters. The summed E-state index contributed by atoms with van der Waals surface area (Å²) in [5.41, 5.74) is 0.825. The van der Waals surface area contributed by atoms with E-state index in [1.165, 1.54) is 12.1 Å². The van der Waals surface area contributed by atoms with E-state index in [1.807, 2.05) is 0 Å². The van der Waals surface area contributed by atoms with Gasteiger partial charge in [-0.2, -0.15) is 0 Å². The molecule has 20 heavy (non-hydrogen) atoms. The van der Waals surface area contributed by atoms with Gasteiger partial charge in [0.25, 0.3) is 0 Å². The fourth-order valence-corrected chi connectivity index (χ4v) is 2.20. The van der Waals surface area contributed by atoms with E-state index in [9.17, 15) is 9.50 Å². The average molecular weight is 315 g/mol. The molecule has 2 aromatic carbocycles. The third kappa shape index (κ3) is 3.42. The molecule has 0 aliphatic carbocycles. The van der Waals surface area contributed by atoms with Crippen LogP contribution in [-0.4, -0.2) is 5.11 Å². The molecule has 0 radical (unpaired) electrons. The molecule has 106 valence electrons. The summed E-state index contributed by atoms with van der Waals surface area (Å²) in [5, 5.41) is 10.5. The van der Waals surface area contributed by atoms with Gasteiger partial charge in [0.05, 0.1) is 11.1 Å². The number of rotatable bonds is 4. The highest BCUT2D eigenvalue weighted by atomic mass is 35.5. The Bertz CT molecular complexity index is 595. The van der Waals surface area contributed by atoms with Crippen molar-refractivity contribution in [2.45, 2.75) is 19.6 Å². The Morgan fingerprint density at radius 2 is 2.00 bits per heavy atom. The second-order valence-corrected chi connectivity index (χ2v) is 5.19. The molecule has 0 aromatic heterocycles. The van der Waals surface area contributed by atoms with Crippen LogP contribution in [0.2, 0.25) is 10.0 Å². The van der Waals surface area contributed by atoms with Crippen molar-refractivity contribution in [3.05, 3.63) is 63.4 Å². The van der Waals surface area contributed by atoms with Crippen LogP contribution < -0.4 is 4.74 Å². The maximum absolute atomic E-state index is 13.6. The summed E-state index contributed by atoms with van der Waals surface area (Å²) < 4.78 is 19.2. The lowest BCUT2D eigenvalue weighted by Crippen LogP contribution is -2.03. The first-order valence-electron chi connectivity index (χ1n) is 6.02. The van der Waals surface area contributed by atoms with Crippen molar-refractivity contribution in [3.8, 4) is 5.75 Å². The first-order valence-corrected chi connectivity index (χ1v) is 6.78. The average Bonchev–Trinajstić information content (AvgIpc) is 2.39. The molecule has 2 nitrogen and oxygen atoms in total. The highest BCUT2D eigenvalue weighted by Gasteiger charge is 2.12. The van der Waals surface area contributed by atoms with Gasteiger partial charge in [-0.05, 0) is 37.3 Å². The normalized spacial score (nSPS) is 12.2. The van der Waals surface area contributed by atoms with E-state index >= 15 is 0 Å². The second kappa shape index (κ2) is 6.44. The van der Waals surface area contributed by atoms with Crippen LogP contribution in [-0.2, 0) is 6.61 Å². The number of hydrogen-bond acceptors (Lipinski definition) is 2. The van der Waals surface area contributed by atoms with E-state index in [0.717, 1.165) is 0 Å². The fraction of sp³-hybridized carbons (Fsp3) is 0.200. The van der Waals surface area contributed by atoms with Crippen molar-refractivity contribution >= 4 is 23.2 Å². The van der Waals surface area contributed by atoms with Crippen LogP contribution in [0.5, 0.6) is 5.75 Å². The lowest BCUT2D eigenvalue weighted by Gasteiger charge is -2.14. The summed E-state index contributed by atoms with van der Waals surface area (Å²) in [7, 11) is 0. The van der Waals surface area contributed by atoms with E-state index in [-0.39, 0.29) is 12.2 Å². The quantitative estimate of drug-likeness (QED) is 0.881. The Morgan fingerprint density at radius 1 is 1.25 bits per heavy atom. The summed E-state index contributed by atoms with van der Waals surface area (Å²) >= 11 is 11.8. The zero-order valence-corrected chi connectivity index (χ0v) is 12.2. The molecule has 0 bridgehead atoms. The van der Waals surface area contributed by atoms with E-state index in [2.05, 4.69) is 0 Å². The molecule has 0 fully saturated rings. The molecule has 0 amide bonds. The largest absolute Gasteiger partial charge is 0.488 e. The van der Waals surface area contributed by atoms with Gasteiger partial charge in [-0.15, -0.1) is 0 Å². The molecule has 2 aromatic rings. The van der Waals surface area contributed by atoms with Gasteiger partial charge < -0.3 is 9.84 Å². The predicted octanol–water partition coefficient (Wildman–Crippen LogP) is 4.76. The van der Waals surface area contributed by atoms with Gasteiger partial charge in [-0.1, -0.05) is 29.3 Å². The summed E-state index contributed by atoms with van der Waals surface area (Å²) in [6, 6.07) is 9.35. The Labute approximate surface area is 126 Å². The van der Waals surface area contributed by atoms with E-state index in [4.69, 9.17) is 27.9 Å². The Balaban J connectivity index is 2.23. The van der Waals surface area contributed by atoms with Gasteiger partial charge in [0.15, 0.2) is 0 Å². The molecular formula is C15H13Cl2FO2. The summed E-state index contributed by atoms with van der Waals surface area (Å²) in [6.45, 7) is 1.58. The summed E-state index contributed by atoms with van der Waals surface area (Å²) in [6.07, 6.45) is -0.736. The number of benzene rings is 2. The Hall–Kier alpha value is -1.29. The minimum absolute atomic E-state index is 0.0210. The van der Waals surface area contributed by atoms with Crippen LogP contribution in [0, 0.1) is 5.82 Å². The number of aliphatic hydroxyl groups is 1. The van der Waals surface area contributed by atoms with Crippen molar-refractivity contribution in [2.24, 2.45) is 0 Å². The number of hydrogen-bond donors (Lipinski definition) is 1. The van der Waals surface area contributed by atoms with Gasteiger partial charge in [-0.25, -0.2) is 4.39 Å². The van der Waals surface area contributed by atoms with Gasteiger partial charge in [-0.3, -0.25) is 0 Å². The van der Waals surface area contributed by atoms with Crippen molar-refractivity contribution < 1.29 is 14.2 Å². The zero-order chi connectivity index (χ0) is 14.7. The summed E-state index contributed by atoms with van der Waals surface area (Å²) in [5.74, 6) is 0.0220. The highest BCUT2D eigenvalue weighted by molar-refractivity contribution is 6.31. The number of halogens is 3. The van der Waals surface area contributed by atoms with Crippen molar-refractivity contribution in [2.75, 3.05) is 0 Å². The topological polar surface area (TPSA) is 29.5 Å². The number of aliphatic hydroxyl groups excluding tert-OH is 1. The predicted molar refractivity (Wildman–Crippen MR) is 77.8 cm³/mol. The Morgan fingerprint density at radius 3 is 2.65 bits per heavy atom. The molecule has 0 saturated carbocycles. The lowest BCUT2D eigenvalue weighted by molar-refractivity contribution is 0.190. The SMILES string of the molecule is C[C@@H](O)c1cc(Cl)ccc1OCc1c(F)cccc1Cl. The summed E-state index contributed by atoms with van der Waals surface area (Å²) in [4.78, 5) is 0. The first kappa shape index (κ1) is 15.1. The third-order valence-electron chi connectivity index (χ3n) is 2.86. The molecule has 1 N–H and O–H groups in total. The maximum Gasteiger partial charge on any atom is 0.131 e. The fourth-order valence-electron chi connectivity index (χ4n) is 1.80.